The lowest BCUT2D eigenvalue weighted by atomic mass is 9.85. The van der Waals surface area contributed by atoms with E-state index in [0.717, 1.165) is 0 Å². The van der Waals surface area contributed by atoms with Gasteiger partial charge in [0.1, 0.15) is 0 Å². The van der Waals surface area contributed by atoms with Crippen LogP contribution in [-0.2, 0) is 4.74 Å². The fourth-order valence-corrected chi connectivity index (χ4v) is 2.04. The smallest absolute Gasteiger partial charge is 0.192 e. The summed E-state index contributed by atoms with van der Waals surface area (Å²) in [5.41, 5.74) is 2.09. The lowest BCUT2D eigenvalue weighted by molar-refractivity contribution is 0.0977. The normalized spacial score (nSPS) is 19.2. The van der Waals surface area contributed by atoms with E-state index in [1.807, 2.05) is 0 Å². The largest absolute Gasteiger partial charge is 0.372 e. The Hall–Kier alpha value is -1.74. The van der Waals surface area contributed by atoms with Crippen molar-refractivity contribution in [3.63, 3.8) is 0 Å². The minimum absolute atomic E-state index is 0.0577. The van der Waals surface area contributed by atoms with Gasteiger partial charge in [-0.05, 0) is 0 Å². The molecule has 0 fully saturated rings. The van der Waals surface area contributed by atoms with Gasteiger partial charge in [-0.25, -0.2) is 0 Å². The van der Waals surface area contributed by atoms with Crippen molar-refractivity contribution in [1.82, 2.24) is 0 Å². The maximum absolute atomic E-state index is 12.0. The predicted molar refractivity (Wildman–Crippen MR) is 52.9 cm³/mol. The number of benzene rings is 1. The molecule has 0 aromatic heterocycles. The van der Waals surface area contributed by atoms with Crippen LogP contribution >= 0.6 is 0 Å². The molecular weight excluding hydrogens is 192 g/mol. The Labute approximate surface area is 86.4 Å². The molecule has 0 unspecified atom stereocenters. The summed E-state index contributed by atoms with van der Waals surface area (Å²) < 4.78 is 5.15. The van der Waals surface area contributed by atoms with Crippen molar-refractivity contribution in [3.05, 3.63) is 46.5 Å². The first-order valence-electron chi connectivity index (χ1n) is 4.77. The Morgan fingerprint density at radius 1 is 0.867 bits per heavy atom. The summed E-state index contributed by atoms with van der Waals surface area (Å²) in [4.78, 5) is 23.9. The number of fused-ring (bicyclic) bond motifs is 1. The van der Waals surface area contributed by atoms with Gasteiger partial charge < -0.3 is 4.74 Å². The van der Waals surface area contributed by atoms with Crippen molar-refractivity contribution >= 4 is 11.6 Å². The van der Waals surface area contributed by atoms with Gasteiger partial charge in [0.05, 0.1) is 13.2 Å². The van der Waals surface area contributed by atoms with Crippen LogP contribution in [0, 0.1) is 0 Å². The number of carbonyl (C=O) groups excluding carboxylic acids is 2. The number of hydrogen-bond acceptors (Lipinski definition) is 3. The first-order chi connectivity index (χ1) is 7.29. The van der Waals surface area contributed by atoms with Crippen molar-refractivity contribution in [2.45, 2.75) is 0 Å². The standard InChI is InChI=1S/C12H8O3/c13-11-7-3-1-2-4-8(7)12(14)10-6-15-5-9(10)11/h1-4H,5-6H2. The molecule has 1 aromatic rings. The maximum Gasteiger partial charge on any atom is 0.192 e. The zero-order valence-electron chi connectivity index (χ0n) is 7.95. The molecule has 0 amide bonds. The summed E-state index contributed by atoms with van der Waals surface area (Å²) in [6.45, 7) is 0.544. The molecule has 0 atom stereocenters. The molecule has 1 aliphatic heterocycles. The van der Waals surface area contributed by atoms with Gasteiger partial charge in [-0.15, -0.1) is 0 Å². The molecule has 0 saturated carbocycles. The Kier molecular flexibility index (Phi) is 1.64. The second kappa shape index (κ2) is 2.87. The first kappa shape index (κ1) is 8.56. The highest BCUT2D eigenvalue weighted by molar-refractivity contribution is 6.27. The lowest BCUT2D eigenvalue weighted by Crippen LogP contribution is -2.20. The average molecular weight is 200 g/mol. The van der Waals surface area contributed by atoms with E-state index in [4.69, 9.17) is 4.74 Å². The van der Waals surface area contributed by atoms with Gasteiger partial charge in [-0.3, -0.25) is 9.59 Å². The van der Waals surface area contributed by atoms with E-state index in [-0.39, 0.29) is 24.8 Å². The number of ether oxygens (including phenoxy) is 1. The van der Waals surface area contributed by atoms with E-state index in [9.17, 15) is 9.59 Å². The molecule has 0 saturated heterocycles. The Morgan fingerprint density at radius 3 is 1.80 bits per heavy atom. The van der Waals surface area contributed by atoms with Crippen LogP contribution in [0.1, 0.15) is 20.7 Å². The fraction of sp³-hybridized carbons (Fsp3) is 0.167. The second-order valence-corrected chi connectivity index (χ2v) is 3.65. The second-order valence-electron chi connectivity index (χ2n) is 3.65. The van der Waals surface area contributed by atoms with Gasteiger partial charge in [-0.2, -0.15) is 0 Å². The number of hydrogen-bond donors (Lipinski definition) is 0. The van der Waals surface area contributed by atoms with Crippen molar-refractivity contribution in [2.24, 2.45) is 0 Å². The van der Waals surface area contributed by atoms with Crippen LogP contribution in [0.5, 0.6) is 0 Å². The highest BCUT2D eigenvalue weighted by Gasteiger charge is 2.34. The van der Waals surface area contributed by atoms with Crippen LogP contribution in [0.3, 0.4) is 0 Å². The lowest BCUT2D eigenvalue weighted by Gasteiger charge is -2.14. The average Bonchev–Trinajstić information content (AvgIpc) is 2.75. The van der Waals surface area contributed by atoms with Crippen molar-refractivity contribution < 1.29 is 14.3 Å². The molecule has 15 heavy (non-hydrogen) atoms. The van der Waals surface area contributed by atoms with Crippen molar-refractivity contribution in [2.75, 3.05) is 13.2 Å². The van der Waals surface area contributed by atoms with Crippen LogP contribution < -0.4 is 0 Å². The van der Waals surface area contributed by atoms with Gasteiger partial charge in [0, 0.05) is 22.3 Å². The molecule has 1 heterocycles. The summed E-state index contributed by atoms with van der Waals surface area (Å²) in [6.07, 6.45) is 0. The Bertz CT molecular complexity index is 466. The molecule has 0 radical (unpaired) electrons. The van der Waals surface area contributed by atoms with E-state index >= 15 is 0 Å². The van der Waals surface area contributed by atoms with E-state index in [1.165, 1.54) is 0 Å². The van der Waals surface area contributed by atoms with E-state index in [1.54, 1.807) is 24.3 Å². The number of rotatable bonds is 0. The van der Waals surface area contributed by atoms with E-state index in [2.05, 4.69) is 0 Å². The number of carbonyl (C=O) groups is 2. The molecule has 74 valence electrons. The molecule has 0 bridgehead atoms. The minimum Gasteiger partial charge on any atom is -0.372 e. The minimum atomic E-state index is -0.0577. The van der Waals surface area contributed by atoms with Crippen molar-refractivity contribution in [1.29, 1.82) is 0 Å². The zero-order valence-corrected chi connectivity index (χ0v) is 7.95. The van der Waals surface area contributed by atoms with E-state index in [0.29, 0.717) is 22.3 Å². The third-order valence-corrected chi connectivity index (χ3v) is 2.82. The summed E-state index contributed by atoms with van der Waals surface area (Å²) in [5.74, 6) is -0.115. The van der Waals surface area contributed by atoms with Crippen LogP contribution in [0.4, 0.5) is 0 Å². The highest BCUT2D eigenvalue weighted by atomic mass is 16.5. The Balaban J connectivity index is 2.26. The number of Topliss-reactive ketones (excluding diaryl/α,β-unsaturated/α-hetero) is 2. The molecule has 1 aliphatic carbocycles. The SMILES string of the molecule is O=C1C2=C(COC2)C(=O)c2ccccc21. The molecule has 3 heteroatoms. The van der Waals surface area contributed by atoms with Crippen LogP contribution in [0.2, 0.25) is 0 Å². The monoisotopic (exact) mass is 200 g/mol. The molecule has 3 rings (SSSR count). The van der Waals surface area contributed by atoms with Gasteiger partial charge in [0.15, 0.2) is 11.6 Å². The van der Waals surface area contributed by atoms with Crippen LogP contribution in [-0.4, -0.2) is 24.8 Å². The quantitative estimate of drug-likeness (QED) is 0.635. The van der Waals surface area contributed by atoms with Gasteiger partial charge in [0.25, 0.3) is 0 Å². The molecule has 3 nitrogen and oxygen atoms in total. The maximum atomic E-state index is 12.0. The molecule has 1 aromatic carbocycles. The summed E-state index contributed by atoms with van der Waals surface area (Å²) in [5, 5.41) is 0. The summed E-state index contributed by atoms with van der Waals surface area (Å²) >= 11 is 0. The van der Waals surface area contributed by atoms with E-state index < -0.39 is 0 Å². The van der Waals surface area contributed by atoms with Crippen LogP contribution in [0.25, 0.3) is 0 Å². The molecule has 0 N–H and O–H groups in total. The summed E-state index contributed by atoms with van der Waals surface area (Å²) in [7, 11) is 0. The molecule has 2 aliphatic rings. The van der Waals surface area contributed by atoms with Crippen molar-refractivity contribution in [3.8, 4) is 0 Å². The third-order valence-electron chi connectivity index (χ3n) is 2.82. The predicted octanol–water partition coefficient (Wildman–Crippen LogP) is 1.39. The summed E-state index contributed by atoms with van der Waals surface area (Å²) in [6, 6.07) is 6.92. The highest BCUT2D eigenvalue weighted by Crippen LogP contribution is 2.29. The topological polar surface area (TPSA) is 43.4 Å². The van der Waals surface area contributed by atoms with Gasteiger partial charge in [0.2, 0.25) is 0 Å². The first-order valence-corrected chi connectivity index (χ1v) is 4.77. The number of ketones is 2. The Morgan fingerprint density at radius 2 is 1.33 bits per heavy atom. The third kappa shape index (κ3) is 1.04. The fourth-order valence-electron chi connectivity index (χ4n) is 2.04. The van der Waals surface area contributed by atoms with Gasteiger partial charge >= 0.3 is 0 Å². The molecule has 0 spiro atoms. The van der Waals surface area contributed by atoms with Gasteiger partial charge in [-0.1, -0.05) is 24.3 Å². The molecular formula is C12H8O3. The van der Waals surface area contributed by atoms with Crippen LogP contribution in [0.15, 0.2) is 35.4 Å². The zero-order chi connectivity index (χ0) is 10.4.